The lowest BCUT2D eigenvalue weighted by molar-refractivity contribution is 0.171. The number of nitrogens with zero attached hydrogens (tertiary/aromatic N) is 1. The van der Waals surface area contributed by atoms with Gasteiger partial charge in [-0.3, -0.25) is 4.90 Å². The zero-order chi connectivity index (χ0) is 15.2. The molecule has 1 aromatic heterocycles. The van der Waals surface area contributed by atoms with Crippen LogP contribution in [0, 0.1) is 0 Å². The van der Waals surface area contributed by atoms with E-state index in [1.54, 1.807) is 0 Å². The monoisotopic (exact) mass is 366 g/mol. The van der Waals surface area contributed by atoms with Crippen molar-refractivity contribution in [1.82, 2.24) is 4.90 Å². The lowest BCUT2D eigenvalue weighted by atomic mass is 9.96. The quantitative estimate of drug-likeness (QED) is 0.761. The van der Waals surface area contributed by atoms with Crippen molar-refractivity contribution in [3.8, 4) is 0 Å². The second kappa shape index (κ2) is 8.08. The lowest BCUT2D eigenvalue weighted by Crippen LogP contribution is -2.40. The molecule has 0 aliphatic heterocycles. The third-order valence-corrected chi connectivity index (χ3v) is 5.16. The molecular formula is C17H23BrN2S. The van der Waals surface area contributed by atoms with Gasteiger partial charge in [-0.2, -0.15) is 0 Å². The highest BCUT2D eigenvalue weighted by Crippen LogP contribution is 2.29. The van der Waals surface area contributed by atoms with Gasteiger partial charge in [0.2, 0.25) is 0 Å². The van der Waals surface area contributed by atoms with E-state index >= 15 is 0 Å². The van der Waals surface area contributed by atoms with E-state index in [-0.39, 0.29) is 12.1 Å². The molecule has 2 nitrogen and oxygen atoms in total. The summed E-state index contributed by atoms with van der Waals surface area (Å²) in [4.78, 5) is 3.86. The maximum absolute atomic E-state index is 6.45. The van der Waals surface area contributed by atoms with Crippen LogP contribution < -0.4 is 5.73 Å². The Labute approximate surface area is 140 Å². The number of rotatable bonds is 7. The first-order valence-electron chi connectivity index (χ1n) is 7.43. The number of likely N-dealkylation sites (N-methyl/N-ethyl adjacent to an activating group) is 1. The number of hydrogen-bond donors (Lipinski definition) is 1. The molecule has 0 amide bonds. The fourth-order valence-corrected chi connectivity index (χ4v) is 3.80. The van der Waals surface area contributed by atoms with Crippen molar-refractivity contribution in [2.45, 2.75) is 38.9 Å². The van der Waals surface area contributed by atoms with Crippen LogP contribution in [0.15, 0.2) is 46.3 Å². The number of thiophene rings is 1. The van der Waals surface area contributed by atoms with Gasteiger partial charge in [0.15, 0.2) is 0 Å². The standard InChI is InChI=1S/C17H23BrN2S/c1-3-16(19)17(13-7-5-8-14(18)11-13)20(4-2)12-15-9-6-10-21-15/h5-11,16-17H,3-4,12,19H2,1-2H3. The van der Waals surface area contributed by atoms with E-state index in [1.807, 2.05) is 11.3 Å². The van der Waals surface area contributed by atoms with Gasteiger partial charge >= 0.3 is 0 Å². The molecule has 114 valence electrons. The first kappa shape index (κ1) is 16.7. The van der Waals surface area contributed by atoms with Gasteiger partial charge in [-0.05, 0) is 42.1 Å². The zero-order valence-corrected chi connectivity index (χ0v) is 15.0. The van der Waals surface area contributed by atoms with Crippen LogP contribution in [-0.4, -0.2) is 17.5 Å². The molecule has 0 bridgehead atoms. The minimum atomic E-state index is 0.138. The first-order valence-corrected chi connectivity index (χ1v) is 9.10. The Hall–Kier alpha value is -0.680. The molecule has 2 N–H and O–H groups in total. The Balaban J connectivity index is 2.29. The molecule has 0 aliphatic carbocycles. The Kier molecular flexibility index (Phi) is 6.42. The third kappa shape index (κ3) is 4.39. The number of halogens is 1. The molecule has 2 atom stereocenters. The fourth-order valence-electron chi connectivity index (χ4n) is 2.65. The summed E-state index contributed by atoms with van der Waals surface area (Å²) < 4.78 is 1.11. The van der Waals surface area contributed by atoms with Crippen molar-refractivity contribution >= 4 is 27.3 Å². The molecule has 1 heterocycles. The highest BCUT2D eigenvalue weighted by atomic mass is 79.9. The number of benzene rings is 1. The summed E-state index contributed by atoms with van der Waals surface area (Å²) in [7, 11) is 0. The van der Waals surface area contributed by atoms with E-state index in [0.29, 0.717) is 0 Å². The van der Waals surface area contributed by atoms with Gasteiger partial charge in [0.05, 0.1) is 6.04 Å². The van der Waals surface area contributed by atoms with Gasteiger partial charge in [0.1, 0.15) is 0 Å². The van der Waals surface area contributed by atoms with Crippen LogP contribution in [0.3, 0.4) is 0 Å². The molecule has 2 unspecified atom stereocenters. The van der Waals surface area contributed by atoms with Gasteiger partial charge in [-0.25, -0.2) is 0 Å². The van der Waals surface area contributed by atoms with Crippen LogP contribution in [0.4, 0.5) is 0 Å². The predicted molar refractivity (Wildman–Crippen MR) is 95.6 cm³/mol. The van der Waals surface area contributed by atoms with Gasteiger partial charge in [0, 0.05) is 21.9 Å². The minimum absolute atomic E-state index is 0.138. The topological polar surface area (TPSA) is 29.3 Å². The van der Waals surface area contributed by atoms with E-state index in [4.69, 9.17) is 5.73 Å². The van der Waals surface area contributed by atoms with Crippen molar-refractivity contribution in [3.63, 3.8) is 0 Å². The highest BCUT2D eigenvalue weighted by molar-refractivity contribution is 9.10. The Morgan fingerprint density at radius 3 is 2.62 bits per heavy atom. The lowest BCUT2D eigenvalue weighted by Gasteiger charge is -2.35. The summed E-state index contributed by atoms with van der Waals surface area (Å²) in [6.07, 6.45) is 0.970. The molecule has 2 aromatic rings. The molecule has 2 rings (SSSR count). The Bertz CT molecular complexity index is 541. The van der Waals surface area contributed by atoms with Crippen LogP contribution in [-0.2, 0) is 6.54 Å². The van der Waals surface area contributed by atoms with Crippen molar-refractivity contribution in [1.29, 1.82) is 0 Å². The third-order valence-electron chi connectivity index (χ3n) is 3.81. The molecule has 0 spiro atoms. The molecular weight excluding hydrogens is 344 g/mol. The molecule has 1 aromatic carbocycles. The zero-order valence-electron chi connectivity index (χ0n) is 12.6. The van der Waals surface area contributed by atoms with E-state index in [2.05, 4.69) is 76.5 Å². The van der Waals surface area contributed by atoms with Crippen LogP contribution in [0.2, 0.25) is 0 Å². The van der Waals surface area contributed by atoms with E-state index in [1.165, 1.54) is 10.4 Å². The molecule has 4 heteroatoms. The second-order valence-electron chi connectivity index (χ2n) is 5.21. The highest BCUT2D eigenvalue weighted by Gasteiger charge is 2.25. The van der Waals surface area contributed by atoms with Gasteiger partial charge < -0.3 is 5.73 Å². The van der Waals surface area contributed by atoms with E-state index < -0.39 is 0 Å². The summed E-state index contributed by atoms with van der Waals surface area (Å²) in [5.74, 6) is 0. The average Bonchev–Trinajstić information content (AvgIpc) is 2.99. The maximum atomic E-state index is 6.45. The molecule has 21 heavy (non-hydrogen) atoms. The predicted octanol–water partition coefficient (Wildman–Crippen LogP) is 4.81. The summed E-state index contributed by atoms with van der Waals surface area (Å²) >= 11 is 5.39. The van der Waals surface area contributed by atoms with Gasteiger partial charge in [-0.1, -0.05) is 48.0 Å². The van der Waals surface area contributed by atoms with Crippen molar-refractivity contribution in [3.05, 3.63) is 56.7 Å². The average molecular weight is 367 g/mol. The van der Waals surface area contributed by atoms with Crippen LogP contribution in [0.1, 0.15) is 36.8 Å². The SMILES string of the molecule is CCC(N)C(c1cccc(Br)c1)N(CC)Cc1cccs1. The van der Waals surface area contributed by atoms with Crippen LogP contribution in [0.5, 0.6) is 0 Å². The van der Waals surface area contributed by atoms with Crippen molar-refractivity contribution < 1.29 is 0 Å². The summed E-state index contributed by atoms with van der Waals surface area (Å²) in [5.41, 5.74) is 7.74. The normalized spacial score (nSPS) is 14.3. The summed E-state index contributed by atoms with van der Waals surface area (Å²) in [6.45, 7) is 6.32. The molecule has 0 saturated carbocycles. The molecule has 0 radical (unpaired) electrons. The van der Waals surface area contributed by atoms with Crippen LogP contribution >= 0.6 is 27.3 Å². The molecule has 0 aliphatic rings. The Morgan fingerprint density at radius 2 is 2.05 bits per heavy atom. The summed E-state index contributed by atoms with van der Waals surface area (Å²) in [6, 6.07) is 13.2. The van der Waals surface area contributed by atoms with Crippen molar-refractivity contribution in [2.24, 2.45) is 5.73 Å². The first-order chi connectivity index (χ1) is 10.2. The van der Waals surface area contributed by atoms with Gasteiger partial charge in [0.25, 0.3) is 0 Å². The van der Waals surface area contributed by atoms with E-state index in [9.17, 15) is 0 Å². The minimum Gasteiger partial charge on any atom is -0.326 e. The Morgan fingerprint density at radius 1 is 1.24 bits per heavy atom. The molecule has 0 saturated heterocycles. The molecule has 0 fully saturated rings. The van der Waals surface area contributed by atoms with Crippen molar-refractivity contribution in [2.75, 3.05) is 6.54 Å². The summed E-state index contributed by atoms with van der Waals surface area (Å²) in [5, 5.41) is 2.14. The maximum Gasteiger partial charge on any atom is 0.0503 e. The number of nitrogens with two attached hydrogens (primary N) is 1. The van der Waals surface area contributed by atoms with E-state index in [0.717, 1.165) is 24.0 Å². The van der Waals surface area contributed by atoms with Gasteiger partial charge in [-0.15, -0.1) is 11.3 Å². The van der Waals surface area contributed by atoms with Crippen LogP contribution in [0.25, 0.3) is 0 Å². The fraction of sp³-hybridized carbons (Fsp3) is 0.412. The number of hydrogen-bond acceptors (Lipinski definition) is 3. The smallest absolute Gasteiger partial charge is 0.0503 e. The largest absolute Gasteiger partial charge is 0.326 e. The second-order valence-corrected chi connectivity index (χ2v) is 7.16.